The van der Waals surface area contributed by atoms with Crippen LogP contribution < -0.4 is 0 Å². The van der Waals surface area contributed by atoms with Gasteiger partial charge in [0.1, 0.15) is 0 Å². The van der Waals surface area contributed by atoms with Gasteiger partial charge in [0.15, 0.2) is 0 Å². The SMILES string of the molecule is CC(C)[C@@]12C=C[C@@](C)(CC1)[C@@H]1C(=O)OC(=O)[C@@H]12. The van der Waals surface area contributed by atoms with E-state index in [2.05, 4.69) is 32.9 Å². The molecule has 0 N–H and O–H groups in total. The number of hydrogen-bond donors (Lipinski definition) is 0. The summed E-state index contributed by atoms with van der Waals surface area (Å²) in [6.45, 7) is 6.33. The Hall–Kier alpha value is -1.12. The van der Waals surface area contributed by atoms with Gasteiger partial charge in [0.05, 0.1) is 11.8 Å². The quantitative estimate of drug-likeness (QED) is 0.397. The first-order chi connectivity index (χ1) is 7.91. The molecule has 4 rings (SSSR count). The maximum atomic E-state index is 12.0. The molecule has 0 amide bonds. The van der Waals surface area contributed by atoms with Crippen molar-refractivity contribution >= 4 is 11.9 Å². The Kier molecular flexibility index (Phi) is 1.94. The van der Waals surface area contributed by atoms with Crippen LogP contribution in [-0.2, 0) is 14.3 Å². The van der Waals surface area contributed by atoms with E-state index in [4.69, 9.17) is 4.74 Å². The summed E-state index contributed by atoms with van der Waals surface area (Å²) in [5, 5.41) is 0. The lowest BCUT2D eigenvalue weighted by atomic mass is 9.46. The molecule has 1 aliphatic heterocycles. The number of rotatable bonds is 1. The zero-order valence-electron chi connectivity index (χ0n) is 10.5. The molecule has 4 aliphatic rings. The maximum absolute atomic E-state index is 12.0. The first-order valence-corrected chi connectivity index (χ1v) is 6.37. The summed E-state index contributed by atoms with van der Waals surface area (Å²) in [7, 11) is 0. The summed E-state index contributed by atoms with van der Waals surface area (Å²) in [5.74, 6) is -0.759. The van der Waals surface area contributed by atoms with Gasteiger partial charge in [0.2, 0.25) is 0 Å². The predicted octanol–water partition coefficient (Wildman–Crippen LogP) is 2.31. The molecule has 0 aromatic heterocycles. The van der Waals surface area contributed by atoms with Crippen molar-refractivity contribution < 1.29 is 14.3 Å². The Morgan fingerprint density at radius 1 is 1.18 bits per heavy atom. The summed E-state index contributed by atoms with van der Waals surface area (Å²) < 4.78 is 4.91. The van der Waals surface area contributed by atoms with Gasteiger partial charge in [0.25, 0.3) is 0 Å². The fraction of sp³-hybridized carbons (Fsp3) is 0.714. The van der Waals surface area contributed by atoms with Crippen molar-refractivity contribution in [1.82, 2.24) is 0 Å². The number of carbonyl (C=O) groups excluding carboxylic acids is 2. The number of hydrogen-bond acceptors (Lipinski definition) is 3. The average Bonchev–Trinajstić information content (AvgIpc) is 2.58. The first kappa shape index (κ1) is 11.0. The summed E-state index contributed by atoms with van der Waals surface area (Å²) in [6.07, 6.45) is 6.30. The van der Waals surface area contributed by atoms with E-state index in [0.717, 1.165) is 12.8 Å². The summed E-state index contributed by atoms with van der Waals surface area (Å²) in [4.78, 5) is 23.9. The second-order valence-corrected chi connectivity index (χ2v) is 6.30. The van der Waals surface area contributed by atoms with Crippen molar-refractivity contribution in [1.29, 1.82) is 0 Å². The van der Waals surface area contributed by atoms with Gasteiger partial charge in [-0.05, 0) is 24.2 Å². The van der Waals surface area contributed by atoms with Crippen molar-refractivity contribution in [2.45, 2.75) is 33.6 Å². The normalized spacial score (nSPS) is 47.5. The van der Waals surface area contributed by atoms with Crippen LogP contribution in [0.5, 0.6) is 0 Å². The molecule has 0 aromatic carbocycles. The monoisotopic (exact) mass is 234 g/mol. The standard InChI is InChI=1S/C14H18O3/c1-8(2)14-6-4-13(3,5-7-14)9-10(14)12(16)17-11(9)15/h4,6,8-10H,5,7H2,1-3H3/t9-,10+,13-,14+/m0/s1. The van der Waals surface area contributed by atoms with Crippen molar-refractivity contribution in [3.8, 4) is 0 Å². The third kappa shape index (κ3) is 1.12. The second-order valence-electron chi connectivity index (χ2n) is 6.30. The van der Waals surface area contributed by atoms with Gasteiger partial charge in [-0.25, -0.2) is 0 Å². The van der Waals surface area contributed by atoms with Crippen LogP contribution >= 0.6 is 0 Å². The molecule has 3 aliphatic carbocycles. The third-order valence-corrected chi connectivity index (χ3v) is 5.28. The number of ether oxygens (including phenoxy) is 1. The molecule has 3 heteroatoms. The Bertz CT molecular complexity index is 437. The third-order valence-electron chi connectivity index (χ3n) is 5.28. The first-order valence-electron chi connectivity index (χ1n) is 6.37. The molecule has 0 aromatic rings. The predicted molar refractivity (Wildman–Crippen MR) is 61.8 cm³/mol. The zero-order chi connectivity index (χ0) is 12.4. The largest absolute Gasteiger partial charge is 0.393 e. The lowest BCUT2D eigenvalue weighted by Gasteiger charge is -2.54. The highest BCUT2D eigenvalue weighted by Crippen LogP contribution is 2.63. The lowest BCUT2D eigenvalue weighted by Crippen LogP contribution is -2.53. The van der Waals surface area contributed by atoms with Gasteiger partial charge in [-0.1, -0.05) is 32.9 Å². The number of esters is 2. The van der Waals surface area contributed by atoms with Crippen molar-refractivity contribution in [3.63, 3.8) is 0 Å². The van der Waals surface area contributed by atoms with Gasteiger partial charge in [-0.15, -0.1) is 0 Å². The summed E-state index contributed by atoms with van der Waals surface area (Å²) in [5.41, 5.74) is -0.337. The number of carbonyl (C=O) groups is 2. The van der Waals surface area contributed by atoms with Crippen molar-refractivity contribution in [2.24, 2.45) is 28.6 Å². The van der Waals surface area contributed by atoms with E-state index in [9.17, 15) is 9.59 Å². The van der Waals surface area contributed by atoms with Crippen LogP contribution in [0.3, 0.4) is 0 Å². The van der Waals surface area contributed by atoms with E-state index in [1.807, 2.05) is 0 Å². The van der Waals surface area contributed by atoms with Gasteiger partial charge in [-0.2, -0.15) is 0 Å². The highest BCUT2D eigenvalue weighted by molar-refractivity contribution is 5.98. The molecule has 0 spiro atoms. The molecule has 92 valence electrons. The van der Waals surface area contributed by atoms with Crippen LogP contribution in [0.1, 0.15) is 33.6 Å². The van der Waals surface area contributed by atoms with E-state index in [1.54, 1.807) is 0 Å². The number of cyclic esters (lactones) is 2. The molecule has 2 bridgehead atoms. The molecule has 1 saturated heterocycles. The van der Waals surface area contributed by atoms with E-state index >= 15 is 0 Å². The smallest absolute Gasteiger partial charge is 0.318 e. The molecule has 4 atom stereocenters. The Labute approximate surface area is 101 Å². The van der Waals surface area contributed by atoms with Gasteiger partial charge in [0, 0.05) is 5.41 Å². The molecular formula is C14H18O3. The van der Waals surface area contributed by atoms with E-state index in [0.29, 0.717) is 5.92 Å². The maximum Gasteiger partial charge on any atom is 0.318 e. The average molecular weight is 234 g/mol. The molecule has 0 unspecified atom stereocenters. The molecule has 2 fully saturated rings. The van der Waals surface area contributed by atoms with Gasteiger partial charge in [-0.3, -0.25) is 9.59 Å². The van der Waals surface area contributed by atoms with E-state index < -0.39 is 0 Å². The molecule has 17 heavy (non-hydrogen) atoms. The van der Waals surface area contributed by atoms with E-state index in [1.165, 1.54) is 0 Å². The van der Waals surface area contributed by atoms with Crippen molar-refractivity contribution in [2.75, 3.05) is 0 Å². The molecule has 3 nitrogen and oxygen atoms in total. The number of allylic oxidation sites excluding steroid dienone is 2. The fourth-order valence-electron chi connectivity index (χ4n) is 4.03. The second kappa shape index (κ2) is 3.01. The molecule has 0 radical (unpaired) electrons. The van der Waals surface area contributed by atoms with Crippen LogP contribution in [0.15, 0.2) is 12.2 Å². The fourth-order valence-corrected chi connectivity index (χ4v) is 4.03. The van der Waals surface area contributed by atoms with E-state index in [-0.39, 0.29) is 34.6 Å². The van der Waals surface area contributed by atoms with Gasteiger partial charge < -0.3 is 4.74 Å². The lowest BCUT2D eigenvalue weighted by molar-refractivity contribution is -0.154. The van der Waals surface area contributed by atoms with Crippen LogP contribution in [0, 0.1) is 28.6 Å². The zero-order valence-corrected chi connectivity index (χ0v) is 10.5. The summed E-state index contributed by atoms with van der Waals surface area (Å²) >= 11 is 0. The van der Waals surface area contributed by atoms with Crippen LogP contribution in [0.25, 0.3) is 0 Å². The highest BCUT2D eigenvalue weighted by atomic mass is 16.6. The highest BCUT2D eigenvalue weighted by Gasteiger charge is 2.66. The van der Waals surface area contributed by atoms with Gasteiger partial charge >= 0.3 is 11.9 Å². The molecular weight excluding hydrogens is 216 g/mol. The number of fused-ring (bicyclic) bond motifs is 1. The molecule has 1 heterocycles. The Morgan fingerprint density at radius 2 is 1.82 bits per heavy atom. The minimum Gasteiger partial charge on any atom is -0.393 e. The summed E-state index contributed by atoms with van der Waals surface area (Å²) in [6, 6.07) is 0. The van der Waals surface area contributed by atoms with Crippen molar-refractivity contribution in [3.05, 3.63) is 12.2 Å². The van der Waals surface area contributed by atoms with Crippen LogP contribution in [-0.4, -0.2) is 11.9 Å². The Balaban J connectivity index is 2.18. The molecule has 1 saturated carbocycles. The van der Waals surface area contributed by atoms with Crippen LogP contribution in [0.2, 0.25) is 0 Å². The van der Waals surface area contributed by atoms with Crippen LogP contribution in [0.4, 0.5) is 0 Å². The topological polar surface area (TPSA) is 43.4 Å². The Morgan fingerprint density at radius 3 is 2.35 bits per heavy atom. The minimum atomic E-state index is -0.309. The minimum absolute atomic E-state index is 0.161.